The van der Waals surface area contributed by atoms with Crippen molar-refractivity contribution >= 4 is 17.4 Å². The van der Waals surface area contributed by atoms with Crippen molar-refractivity contribution in [2.75, 3.05) is 11.9 Å². The molecule has 2 aliphatic rings. The molecule has 98 valence electrons. The van der Waals surface area contributed by atoms with E-state index >= 15 is 0 Å². The average Bonchev–Trinajstić information content (AvgIpc) is 2.75. The Kier molecular flexibility index (Phi) is 2.77. The summed E-state index contributed by atoms with van der Waals surface area (Å²) in [5.74, 6) is 0. The minimum atomic E-state index is -4.25. The van der Waals surface area contributed by atoms with Crippen molar-refractivity contribution in [3.05, 3.63) is 23.8 Å². The first-order chi connectivity index (χ1) is 8.49. The summed E-state index contributed by atoms with van der Waals surface area (Å²) in [5.41, 5.74) is 0.288. The van der Waals surface area contributed by atoms with Gasteiger partial charge in [0.05, 0.1) is 5.56 Å². The Bertz CT molecular complexity index is 464. The Balaban J connectivity index is 1.93. The van der Waals surface area contributed by atoms with Crippen LogP contribution in [0.1, 0.15) is 31.2 Å². The summed E-state index contributed by atoms with van der Waals surface area (Å²) in [6, 6.07) is 3.98. The van der Waals surface area contributed by atoms with Gasteiger partial charge in [-0.15, -0.1) is 11.8 Å². The molecule has 1 aliphatic heterocycles. The summed E-state index contributed by atoms with van der Waals surface area (Å²) in [6.45, 7) is 0.871. The molecule has 18 heavy (non-hydrogen) atoms. The first kappa shape index (κ1) is 12.2. The van der Waals surface area contributed by atoms with Gasteiger partial charge < -0.3 is 5.32 Å². The predicted octanol–water partition coefficient (Wildman–Crippen LogP) is 4.54. The molecule has 0 aromatic heterocycles. The van der Waals surface area contributed by atoms with Crippen LogP contribution in [0.25, 0.3) is 0 Å². The number of nitrogens with one attached hydrogen (secondary N) is 1. The molecule has 1 saturated carbocycles. The van der Waals surface area contributed by atoms with Crippen LogP contribution in [0.5, 0.6) is 0 Å². The third kappa shape index (κ3) is 2.09. The van der Waals surface area contributed by atoms with Gasteiger partial charge in [0, 0.05) is 21.9 Å². The van der Waals surface area contributed by atoms with Gasteiger partial charge in [-0.2, -0.15) is 13.2 Å². The number of fused-ring (bicyclic) bond motifs is 1. The largest absolute Gasteiger partial charge is 0.416 e. The van der Waals surface area contributed by atoms with Gasteiger partial charge in [0.2, 0.25) is 0 Å². The number of anilines is 1. The number of hydrogen-bond acceptors (Lipinski definition) is 2. The van der Waals surface area contributed by atoms with E-state index in [0.29, 0.717) is 0 Å². The lowest BCUT2D eigenvalue weighted by Crippen LogP contribution is -2.33. The third-order valence-corrected chi connectivity index (χ3v) is 5.29. The average molecular weight is 273 g/mol. The van der Waals surface area contributed by atoms with E-state index in [4.69, 9.17) is 0 Å². The molecular formula is C13H14F3NS. The van der Waals surface area contributed by atoms with Gasteiger partial charge in [-0.25, -0.2) is 0 Å². The summed E-state index contributed by atoms with van der Waals surface area (Å²) in [5, 5.41) is 3.29. The normalized spacial score (nSPS) is 21.7. The second kappa shape index (κ2) is 4.08. The zero-order valence-corrected chi connectivity index (χ0v) is 10.6. The SMILES string of the molecule is FC(F)(F)c1ccc2c(c1)SC1(CCCC1)CN2. The van der Waals surface area contributed by atoms with Gasteiger partial charge in [0.15, 0.2) is 0 Å². The minimum Gasteiger partial charge on any atom is -0.383 e. The van der Waals surface area contributed by atoms with Crippen LogP contribution >= 0.6 is 11.8 Å². The summed E-state index contributed by atoms with van der Waals surface area (Å²) in [6.07, 6.45) is 0.308. The number of halogens is 3. The van der Waals surface area contributed by atoms with Crippen LogP contribution in [0, 0.1) is 0 Å². The zero-order chi connectivity index (χ0) is 12.8. The number of benzene rings is 1. The number of rotatable bonds is 0. The maximum Gasteiger partial charge on any atom is 0.416 e. The Morgan fingerprint density at radius 1 is 1.17 bits per heavy atom. The lowest BCUT2D eigenvalue weighted by molar-refractivity contribution is -0.137. The van der Waals surface area contributed by atoms with Gasteiger partial charge in [-0.05, 0) is 31.0 Å². The maximum atomic E-state index is 12.7. The fraction of sp³-hybridized carbons (Fsp3) is 0.538. The van der Waals surface area contributed by atoms with E-state index in [2.05, 4.69) is 5.32 Å². The molecule has 3 rings (SSSR count). The Hall–Kier alpha value is -0.840. The fourth-order valence-corrected chi connectivity index (χ4v) is 4.29. The Labute approximate surface area is 108 Å². The number of hydrogen-bond donors (Lipinski definition) is 1. The van der Waals surface area contributed by atoms with Crippen molar-refractivity contribution in [3.63, 3.8) is 0 Å². The molecule has 0 amide bonds. The molecule has 1 aromatic rings. The van der Waals surface area contributed by atoms with Crippen LogP contribution in [0.15, 0.2) is 23.1 Å². The second-order valence-electron chi connectivity index (χ2n) is 5.05. The number of alkyl halides is 3. The first-order valence-corrected chi connectivity index (χ1v) is 6.94. The Morgan fingerprint density at radius 3 is 2.56 bits per heavy atom. The third-order valence-electron chi connectivity index (χ3n) is 3.75. The van der Waals surface area contributed by atoms with Crippen LogP contribution in [0.3, 0.4) is 0 Å². The van der Waals surface area contributed by atoms with Crippen molar-refractivity contribution < 1.29 is 13.2 Å². The molecular weight excluding hydrogens is 259 g/mol. The maximum absolute atomic E-state index is 12.7. The smallest absolute Gasteiger partial charge is 0.383 e. The second-order valence-corrected chi connectivity index (χ2v) is 6.56. The van der Waals surface area contributed by atoms with Crippen molar-refractivity contribution in [2.45, 2.75) is 41.5 Å². The lowest BCUT2D eigenvalue weighted by Gasteiger charge is -2.35. The van der Waals surface area contributed by atoms with Gasteiger partial charge >= 0.3 is 6.18 Å². The molecule has 1 nitrogen and oxygen atoms in total. The van der Waals surface area contributed by atoms with E-state index < -0.39 is 11.7 Å². The van der Waals surface area contributed by atoms with E-state index in [0.717, 1.165) is 36.0 Å². The lowest BCUT2D eigenvalue weighted by atomic mass is 10.1. The molecule has 1 aliphatic carbocycles. The van der Waals surface area contributed by atoms with Gasteiger partial charge in [0.1, 0.15) is 0 Å². The van der Waals surface area contributed by atoms with Crippen LogP contribution in [-0.4, -0.2) is 11.3 Å². The quantitative estimate of drug-likeness (QED) is 0.745. The standard InChI is InChI=1S/C13H14F3NS/c14-13(15,16)9-3-4-10-11(7-9)18-12(8-17-10)5-1-2-6-12/h3-4,7,17H,1-2,5-6,8H2. The summed E-state index contributed by atoms with van der Waals surface area (Å²) >= 11 is 1.63. The molecule has 1 N–H and O–H groups in total. The number of thioether (sulfide) groups is 1. The van der Waals surface area contributed by atoms with Gasteiger partial charge in [0.25, 0.3) is 0 Å². The first-order valence-electron chi connectivity index (χ1n) is 6.13. The van der Waals surface area contributed by atoms with Crippen molar-refractivity contribution in [3.8, 4) is 0 Å². The summed E-state index contributed by atoms with van der Waals surface area (Å²) in [4.78, 5) is 0.748. The van der Waals surface area contributed by atoms with Crippen molar-refractivity contribution in [2.24, 2.45) is 0 Å². The highest BCUT2D eigenvalue weighted by atomic mass is 32.2. The molecule has 0 unspecified atom stereocenters. The Morgan fingerprint density at radius 2 is 1.89 bits per heavy atom. The van der Waals surface area contributed by atoms with E-state index in [1.54, 1.807) is 17.8 Å². The molecule has 0 radical (unpaired) electrons. The van der Waals surface area contributed by atoms with Gasteiger partial charge in [-0.3, -0.25) is 0 Å². The highest BCUT2D eigenvalue weighted by Gasteiger charge is 2.39. The highest BCUT2D eigenvalue weighted by molar-refractivity contribution is 8.01. The fourth-order valence-electron chi connectivity index (χ4n) is 2.75. The summed E-state index contributed by atoms with van der Waals surface area (Å²) < 4.78 is 38.2. The van der Waals surface area contributed by atoms with Crippen molar-refractivity contribution in [1.82, 2.24) is 0 Å². The van der Waals surface area contributed by atoms with Crippen LogP contribution in [-0.2, 0) is 6.18 Å². The van der Waals surface area contributed by atoms with E-state index in [1.165, 1.54) is 18.9 Å². The topological polar surface area (TPSA) is 12.0 Å². The predicted molar refractivity (Wildman–Crippen MR) is 67.0 cm³/mol. The van der Waals surface area contributed by atoms with E-state index in [-0.39, 0.29) is 4.75 Å². The molecule has 1 fully saturated rings. The monoisotopic (exact) mass is 273 g/mol. The molecule has 1 aromatic carbocycles. The summed E-state index contributed by atoms with van der Waals surface area (Å²) in [7, 11) is 0. The highest BCUT2D eigenvalue weighted by Crippen LogP contribution is 2.51. The van der Waals surface area contributed by atoms with Gasteiger partial charge in [-0.1, -0.05) is 12.8 Å². The van der Waals surface area contributed by atoms with Crippen LogP contribution in [0.4, 0.5) is 18.9 Å². The molecule has 1 heterocycles. The zero-order valence-electron chi connectivity index (χ0n) is 9.81. The minimum absolute atomic E-state index is 0.122. The molecule has 0 saturated heterocycles. The molecule has 0 atom stereocenters. The molecule has 1 spiro atoms. The van der Waals surface area contributed by atoms with Crippen molar-refractivity contribution in [1.29, 1.82) is 0 Å². The molecule has 5 heteroatoms. The van der Waals surface area contributed by atoms with Crippen LogP contribution in [0.2, 0.25) is 0 Å². The molecule has 0 bridgehead atoms. The van der Waals surface area contributed by atoms with E-state index in [9.17, 15) is 13.2 Å². The van der Waals surface area contributed by atoms with Crippen LogP contribution < -0.4 is 5.32 Å². The van der Waals surface area contributed by atoms with E-state index in [1.807, 2.05) is 0 Å².